The lowest BCUT2D eigenvalue weighted by Gasteiger charge is -2.07. The van der Waals surface area contributed by atoms with Crippen LogP contribution in [0.4, 0.5) is 5.69 Å². The highest BCUT2D eigenvalue weighted by atomic mass is 16.5. The van der Waals surface area contributed by atoms with Crippen molar-refractivity contribution in [2.45, 2.75) is 25.7 Å². The smallest absolute Gasteiger partial charge is 0.343 e. The molecule has 0 spiro atoms. The second kappa shape index (κ2) is 12.8. The molecule has 0 unspecified atom stereocenters. The summed E-state index contributed by atoms with van der Waals surface area (Å²) in [7, 11) is 1.80. The number of benzene rings is 2. The zero-order valence-electron chi connectivity index (χ0n) is 17.6. The number of carbonyl (C=O) groups is 3. The van der Waals surface area contributed by atoms with Crippen LogP contribution in [0, 0.1) is 0 Å². The third-order valence-corrected chi connectivity index (χ3v) is 4.39. The Bertz CT molecular complexity index is 874. The normalized spacial score (nSPS) is 10.1. The highest BCUT2D eigenvalue weighted by Crippen LogP contribution is 2.16. The maximum Gasteiger partial charge on any atom is 0.343 e. The fourth-order valence-electron chi connectivity index (χ4n) is 2.64. The molecule has 164 valence electrons. The van der Waals surface area contributed by atoms with E-state index in [4.69, 9.17) is 14.2 Å². The third-order valence-electron chi connectivity index (χ3n) is 4.39. The number of hydrogen-bond acceptors (Lipinski definition) is 7. The summed E-state index contributed by atoms with van der Waals surface area (Å²) in [6.07, 6.45) is 4.36. The van der Waals surface area contributed by atoms with Crippen LogP contribution in [0.25, 0.3) is 0 Å². The van der Waals surface area contributed by atoms with E-state index in [1.165, 1.54) is 0 Å². The SMILES string of the molecule is C=CC(=O)OCCCCCCOC(=O)c1ccc(OC(=O)c2ccc(NC)cc2)cc1. The van der Waals surface area contributed by atoms with Crippen molar-refractivity contribution in [3.8, 4) is 5.75 Å². The highest BCUT2D eigenvalue weighted by molar-refractivity contribution is 5.92. The summed E-state index contributed by atoms with van der Waals surface area (Å²) >= 11 is 0. The van der Waals surface area contributed by atoms with Crippen LogP contribution in [0.15, 0.2) is 61.2 Å². The molecule has 0 aliphatic rings. The quantitative estimate of drug-likeness (QED) is 0.233. The van der Waals surface area contributed by atoms with E-state index in [9.17, 15) is 14.4 Å². The summed E-state index contributed by atoms with van der Waals surface area (Å²) in [5.41, 5.74) is 1.71. The monoisotopic (exact) mass is 425 g/mol. The maximum absolute atomic E-state index is 12.2. The molecule has 2 rings (SSSR count). The van der Waals surface area contributed by atoms with Gasteiger partial charge in [-0.15, -0.1) is 0 Å². The summed E-state index contributed by atoms with van der Waals surface area (Å²) in [6.45, 7) is 4.00. The molecule has 0 radical (unpaired) electrons. The van der Waals surface area contributed by atoms with Gasteiger partial charge in [0.1, 0.15) is 5.75 Å². The molecule has 0 heterocycles. The molecular weight excluding hydrogens is 398 g/mol. The standard InChI is InChI=1S/C24H27NO6/c1-3-22(26)29-16-6-4-5-7-17-30-23(27)18-10-14-21(15-11-18)31-24(28)19-8-12-20(25-2)13-9-19/h3,8-15,25H,1,4-7,16-17H2,2H3. The van der Waals surface area contributed by atoms with Crippen molar-refractivity contribution in [2.75, 3.05) is 25.6 Å². The minimum atomic E-state index is -0.475. The third kappa shape index (κ3) is 8.34. The molecule has 0 atom stereocenters. The lowest BCUT2D eigenvalue weighted by atomic mass is 10.2. The Morgan fingerprint density at radius 1 is 0.806 bits per heavy atom. The van der Waals surface area contributed by atoms with E-state index in [0.29, 0.717) is 30.1 Å². The fraction of sp³-hybridized carbons (Fsp3) is 0.292. The Morgan fingerprint density at radius 3 is 1.94 bits per heavy atom. The maximum atomic E-state index is 12.2. The Kier molecular flexibility index (Phi) is 9.81. The number of esters is 3. The van der Waals surface area contributed by atoms with Gasteiger partial charge >= 0.3 is 17.9 Å². The van der Waals surface area contributed by atoms with E-state index < -0.39 is 17.9 Å². The first-order valence-electron chi connectivity index (χ1n) is 10.1. The minimum absolute atomic E-state index is 0.310. The summed E-state index contributed by atoms with van der Waals surface area (Å²) in [4.78, 5) is 35.2. The summed E-state index contributed by atoms with van der Waals surface area (Å²) in [6, 6.07) is 13.1. The first-order valence-corrected chi connectivity index (χ1v) is 10.1. The molecule has 0 fully saturated rings. The van der Waals surface area contributed by atoms with Gasteiger partial charge in [0, 0.05) is 18.8 Å². The van der Waals surface area contributed by atoms with Gasteiger partial charge in [-0.2, -0.15) is 0 Å². The molecule has 7 heteroatoms. The number of unbranched alkanes of at least 4 members (excludes halogenated alkanes) is 3. The van der Waals surface area contributed by atoms with Gasteiger partial charge in [-0.1, -0.05) is 6.58 Å². The molecule has 31 heavy (non-hydrogen) atoms. The molecular formula is C24H27NO6. The van der Waals surface area contributed by atoms with Crippen LogP contribution in [-0.4, -0.2) is 38.2 Å². The van der Waals surface area contributed by atoms with E-state index in [1.54, 1.807) is 55.6 Å². The van der Waals surface area contributed by atoms with Gasteiger partial charge in [-0.3, -0.25) is 0 Å². The largest absolute Gasteiger partial charge is 0.463 e. The van der Waals surface area contributed by atoms with Gasteiger partial charge in [0.15, 0.2) is 0 Å². The van der Waals surface area contributed by atoms with Crippen molar-refractivity contribution in [1.82, 2.24) is 0 Å². The molecule has 0 aliphatic carbocycles. The number of anilines is 1. The molecule has 0 saturated heterocycles. The molecule has 0 amide bonds. The summed E-state index contributed by atoms with van der Waals surface area (Å²) in [5.74, 6) is -0.980. The molecule has 0 aliphatic heterocycles. The first kappa shape index (κ1) is 23.7. The van der Waals surface area contributed by atoms with E-state index in [2.05, 4.69) is 11.9 Å². The van der Waals surface area contributed by atoms with Crippen molar-refractivity contribution in [2.24, 2.45) is 0 Å². The van der Waals surface area contributed by atoms with Crippen LogP contribution in [0.5, 0.6) is 5.75 Å². The van der Waals surface area contributed by atoms with Crippen LogP contribution < -0.4 is 10.1 Å². The van der Waals surface area contributed by atoms with Crippen LogP contribution in [0.2, 0.25) is 0 Å². The Labute approximate surface area is 182 Å². The van der Waals surface area contributed by atoms with E-state index >= 15 is 0 Å². The van der Waals surface area contributed by atoms with Crippen LogP contribution >= 0.6 is 0 Å². The molecule has 2 aromatic carbocycles. The van der Waals surface area contributed by atoms with Crippen molar-refractivity contribution < 1.29 is 28.6 Å². The predicted molar refractivity (Wildman–Crippen MR) is 117 cm³/mol. The fourth-order valence-corrected chi connectivity index (χ4v) is 2.64. The van der Waals surface area contributed by atoms with E-state index in [0.717, 1.165) is 37.4 Å². The van der Waals surface area contributed by atoms with Crippen molar-refractivity contribution in [3.05, 3.63) is 72.3 Å². The average molecular weight is 425 g/mol. The van der Waals surface area contributed by atoms with E-state index in [1.807, 2.05) is 0 Å². The number of rotatable bonds is 12. The first-order chi connectivity index (χ1) is 15.0. The predicted octanol–water partition coefficient (Wildman–Crippen LogP) is 4.39. The number of carbonyl (C=O) groups excluding carboxylic acids is 3. The van der Waals surface area contributed by atoms with Gasteiger partial charge in [0.2, 0.25) is 0 Å². The Hall–Kier alpha value is -3.61. The second-order valence-corrected chi connectivity index (χ2v) is 6.66. The summed E-state index contributed by atoms with van der Waals surface area (Å²) < 4.78 is 15.5. The topological polar surface area (TPSA) is 90.9 Å². The van der Waals surface area contributed by atoms with Crippen LogP contribution in [0.1, 0.15) is 46.4 Å². The summed E-state index contributed by atoms with van der Waals surface area (Å²) in [5, 5.41) is 2.98. The molecule has 7 nitrogen and oxygen atoms in total. The van der Waals surface area contributed by atoms with Gasteiger partial charge < -0.3 is 19.5 Å². The van der Waals surface area contributed by atoms with Gasteiger partial charge in [-0.25, -0.2) is 14.4 Å². The van der Waals surface area contributed by atoms with Crippen molar-refractivity contribution in [3.63, 3.8) is 0 Å². The average Bonchev–Trinajstić information content (AvgIpc) is 2.80. The molecule has 0 saturated carbocycles. The molecule has 0 aromatic heterocycles. The number of nitrogens with one attached hydrogen (secondary N) is 1. The van der Waals surface area contributed by atoms with Gasteiger partial charge in [-0.05, 0) is 74.2 Å². The molecule has 0 bridgehead atoms. The van der Waals surface area contributed by atoms with Crippen LogP contribution in [-0.2, 0) is 14.3 Å². The van der Waals surface area contributed by atoms with Gasteiger partial charge in [0.25, 0.3) is 0 Å². The number of hydrogen-bond donors (Lipinski definition) is 1. The molecule has 1 N–H and O–H groups in total. The van der Waals surface area contributed by atoms with Gasteiger partial charge in [0.05, 0.1) is 24.3 Å². The highest BCUT2D eigenvalue weighted by Gasteiger charge is 2.11. The number of ether oxygens (including phenoxy) is 3. The Balaban J connectivity index is 1.68. The zero-order valence-corrected chi connectivity index (χ0v) is 17.6. The zero-order chi connectivity index (χ0) is 22.5. The van der Waals surface area contributed by atoms with Crippen molar-refractivity contribution >= 4 is 23.6 Å². The lowest BCUT2D eigenvalue weighted by Crippen LogP contribution is -2.09. The molecule has 2 aromatic rings. The van der Waals surface area contributed by atoms with Crippen molar-refractivity contribution in [1.29, 1.82) is 0 Å². The van der Waals surface area contributed by atoms with Crippen LogP contribution in [0.3, 0.4) is 0 Å². The lowest BCUT2D eigenvalue weighted by molar-refractivity contribution is -0.137. The Morgan fingerprint density at radius 2 is 1.35 bits per heavy atom. The second-order valence-electron chi connectivity index (χ2n) is 6.66. The minimum Gasteiger partial charge on any atom is -0.463 e. The van der Waals surface area contributed by atoms with E-state index in [-0.39, 0.29) is 0 Å².